The Morgan fingerprint density at radius 2 is 1.78 bits per heavy atom. The second kappa shape index (κ2) is 6.52. The smallest absolute Gasteiger partial charge is 0.248 e. The van der Waals surface area contributed by atoms with E-state index in [9.17, 15) is 4.79 Å². The van der Waals surface area contributed by atoms with E-state index in [2.05, 4.69) is 5.10 Å². The highest BCUT2D eigenvalue weighted by Crippen LogP contribution is 2.33. The predicted octanol–water partition coefficient (Wildman–Crippen LogP) is 3.21. The third-order valence-electron chi connectivity index (χ3n) is 3.83. The van der Waals surface area contributed by atoms with Crippen LogP contribution in [-0.4, -0.2) is 26.3 Å². The molecule has 0 N–H and O–H groups in total. The summed E-state index contributed by atoms with van der Waals surface area (Å²) in [6, 6.07) is 15.1. The Morgan fingerprint density at radius 3 is 2.43 bits per heavy atom. The predicted molar refractivity (Wildman–Crippen MR) is 89.3 cm³/mol. The van der Waals surface area contributed by atoms with Gasteiger partial charge in [0.1, 0.15) is 0 Å². The number of carbonyl (C=O) groups excluding carboxylic acids is 1. The maximum Gasteiger partial charge on any atom is 0.248 e. The van der Waals surface area contributed by atoms with E-state index in [-0.39, 0.29) is 11.8 Å². The van der Waals surface area contributed by atoms with Crippen LogP contribution >= 0.6 is 0 Å². The van der Waals surface area contributed by atoms with Gasteiger partial charge in [-0.25, -0.2) is 5.01 Å². The first-order valence-electron chi connectivity index (χ1n) is 7.37. The zero-order chi connectivity index (χ0) is 16.2. The summed E-state index contributed by atoms with van der Waals surface area (Å²) in [5.74, 6) is 1.22. The molecule has 1 unspecified atom stereocenters. The van der Waals surface area contributed by atoms with Crippen molar-refractivity contribution in [3.63, 3.8) is 0 Å². The van der Waals surface area contributed by atoms with Crippen molar-refractivity contribution in [2.45, 2.75) is 12.3 Å². The van der Waals surface area contributed by atoms with Crippen LogP contribution in [0, 0.1) is 0 Å². The molecule has 2 aromatic carbocycles. The largest absolute Gasteiger partial charge is 0.493 e. The Kier molecular flexibility index (Phi) is 4.28. The number of hydrogen-bond donors (Lipinski definition) is 0. The van der Waals surface area contributed by atoms with Gasteiger partial charge in [0.25, 0.3) is 0 Å². The molecule has 3 rings (SSSR count). The molecule has 0 bridgehead atoms. The molecule has 0 saturated heterocycles. The Hall–Kier alpha value is -2.82. The molecule has 0 spiro atoms. The lowest BCUT2D eigenvalue weighted by Crippen LogP contribution is -2.31. The summed E-state index contributed by atoms with van der Waals surface area (Å²) >= 11 is 0. The maximum absolute atomic E-state index is 12.4. The molecule has 2 aromatic rings. The van der Waals surface area contributed by atoms with Gasteiger partial charge in [-0.1, -0.05) is 24.3 Å². The molecular formula is C18H18N2O3. The standard InChI is InChI=1S/C18H18N2O3/c1-22-16-9-8-13(10-17(16)23-2)14-11-18(21)20(19-12-14)15-6-4-3-5-7-15/h3-10,12,14H,11H2,1-2H3. The highest BCUT2D eigenvalue weighted by Gasteiger charge is 2.25. The number of ether oxygens (including phenoxy) is 2. The van der Waals surface area contributed by atoms with E-state index in [1.807, 2.05) is 48.5 Å². The van der Waals surface area contributed by atoms with E-state index >= 15 is 0 Å². The van der Waals surface area contributed by atoms with Crippen LogP contribution in [0.1, 0.15) is 17.9 Å². The topological polar surface area (TPSA) is 51.1 Å². The molecule has 0 aliphatic carbocycles. The van der Waals surface area contributed by atoms with Crippen molar-refractivity contribution >= 4 is 17.8 Å². The lowest BCUT2D eigenvalue weighted by molar-refractivity contribution is -0.119. The minimum Gasteiger partial charge on any atom is -0.493 e. The number of amides is 1. The molecule has 5 heteroatoms. The van der Waals surface area contributed by atoms with Gasteiger partial charge in [-0.05, 0) is 29.8 Å². The molecular weight excluding hydrogens is 292 g/mol. The molecule has 118 valence electrons. The lowest BCUT2D eigenvalue weighted by Gasteiger charge is -2.25. The normalized spacial score (nSPS) is 17.2. The van der Waals surface area contributed by atoms with Gasteiger partial charge in [-0.15, -0.1) is 0 Å². The summed E-state index contributed by atoms with van der Waals surface area (Å²) in [5.41, 5.74) is 1.76. The van der Waals surface area contributed by atoms with E-state index in [0.717, 1.165) is 11.3 Å². The zero-order valence-corrected chi connectivity index (χ0v) is 13.1. The van der Waals surface area contributed by atoms with Gasteiger partial charge < -0.3 is 9.47 Å². The average molecular weight is 310 g/mol. The van der Waals surface area contributed by atoms with Crippen molar-refractivity contribution in [3.05, 3.63) is 54.1 Å². The number of hydrogen-bond acceptors (Lipinski definition) is 4. The van der Waals surface area contributed by atoms with Crippen LogP contribution in [0.3, 0.4) is 0 Å². The fourth-order valence-corrected chi connectivity index (χ4v) is 2.61. The fourth-order valence-electron chi connectivity index (χ4n) is 2.61. The van der Waals surface area contributed by atoms with Gasteiger partial charge in [-0.2, -0.15) is 5.10 Å². The average Bonchev–Trinajstić information content (AvgIpc) is 2.61. The molecule has 1 atom stereocenters. The molecule has 23 heavy (non-hydrogen) atoms. The van der Waals surface area contributed by atoms with Crippen LogP contribution in [-0.2, 0) is 4.79 Å². The zero-order valence-electron chi connectivity index (χ0n) is 13.1. The van der Waals surface area contributed by atoms with Gasteiger partial charge in [0.2, 0.25) is 5.91 Å². The van der Waals surface area contributed by atoms with Crippen molar-refractivity contribution in [3.8, 4) is 11.5 Å². The van der Waals surface area contributed by atoms with Crippen molar-refractivity contribution < 1.29 is 14.3 Å². The van der Waals surface area contributed by atoms with Gasteiger partial charge in [0, 0.05) is 18.6 Å². The molecule has 0 radical (unpaired) electrons. The molecule has 1 heterocycles. The molecule has 1 amide bonds. The van der Waals surface area contributed by atoms with E-state index in [0.29, 0.717) is 17.9 Å². The Labute approximate surface area is 135 Å². The van der Waals surface area contributed by atoms with Crippen LogP contribution in [0.25, 0.3) is 0 Å². The Balaban J connectivity index is 1.85. The highest BCUT2D eigenvalue weighted by atomic mass is 16.5. The number of carbonyl (C=O) groups is 1. The summed E-state index contributed by atoms with van der Waals surface area (Å²) in [5, 5.41) is 5.77. The Morgan fingerprint density at radius 1 is 1.04 bits per heavy atom. The number of benzene rings is 2. The van der Waals surface area contributed by atoms with Gasteiger partial charge >= 0.3 is 0 Å². The Bertz CT molecular complexity index is 728. The fraction of sp³-hybridized carbons (Fsp3) is 0.222. The molecule has 1 aliphatic rings. The number of methoxy groups -OCH3 is 2. The first kappa shape index (κ1) is 15.1. The summed E-state index contributed by atoms with van der Waals surface area (Å²) in [6.45, 7) is 0. The summed E-state index contributed by atoms with van der Waals surface area (Å²) in [4.78, 5) is 12.4. The minimum atomic E-state index is -0.0673. The SMILES string of the molecule is COc1ccc(C2C=NN(c3ccccc3)C(=O)C2)cc1OC. The second-order valence-electron chi connectivity index (χ2n) is 5.23. The van der Waals surface area contributed by atoms with E-state index in [1.165, 1.54) is 5.01 Å². The van der Waals surface area contributed by atoms with Crippen molar-refractivity contribution in [1.29, 1.82) is 0 Å². The van der Waals surface area contributed by atoms with E-state index < -0.39 is 0 Å². The van der Waals surface area contributed by atoms with Crippen LogP contribution in [0.4, 0.5) is 5.69 Å². The van der Waals surface area contributed by atoms with Crippen molar-refractivity contribution in [1.82, 2.24) is 0 Å². The van der Waals surface area contributed by atoms with Crippen LogP contribution in [0.5, 0.6) is 11.5 Å². The number of nitrogens with zero attached hydrogens (tertiary/aromatic N) is 2. The number of hydrazone groups is 1. The van der Waals surface area contributed by atoms with E-state index in [1.54, 1.807) is 20.4 Å². The van der Waals surface area contributed by atoms with Crippen LogP contribution in [0.15, 0.2) is 53.6 Å². The quantitative estimate of drug-likeness (QED) is 0.871. The first-order valence-corrected chi connectivity index (χ1v) is 7.37. The van der Waals surface area contributed by atoms with E-state index in [4.69, 9.17) is 9.47 Å². The van der Waals surface area contributed by atoms with Gasteiger partial charge in [-0.3, -0.25) is 4.79 Å². The molecule has 0 saturated carbocycles. The molecule has 5 nitrogen and oxygen atoms in total. The number of rotatable bonds is 4. The molecule has 1 aliphatic heterocycles. The van der Waals surface area contributed by atoms with Crippen molar-refractivity contribution in [2.75, 3.05) is 19.2 Å². The lowest BCUT2D eigenvalue weighted by atomic mass is 9.95. The summed E-state index contributed by atoms with van der Waals surface area (Å²) in [6.07, 6.45) is 2.17. The third kappa shape index (κ3) is 3.04. The van der Waals surface area contributed by atoms with Crippen LogP contribution in [0.2, 0.25) is 0 Å². The maximum atomic E-state index is 12.4. The van der Waals surface area contributed by atoms with Crippen molar-refractivity contribution in [2.24, 2.45) is 5.10 Å². The van der Waals surface area contributed by atoms with Crippen LogP contribution < -0.4 is 14.5 Å². The molecule has 0 fully saturated rings. The minimum absolute atomic E-state index is 0.0292. The summed E-state index contributed by atoms with van der Waals surface area (Å²) in [7, 11) is 3.19. The monoisotopic (exact) mass is 310 g/mol. The van der Waals surface area contributed by atoms with Gasteiger partial charge in [0.15, 0.2) is 11.5 Å². The molecule has 0 aromatic heterocycles. The first-order chi connectivity index (χ1) is 11.2. The summed E-state index contributed by atoms with van der Waals surface area (Å²) < 4.78 is 10.6. The second-order valence-corrected chi connectivity index (χ2v) is 5.23. The van der Waals surface area contributed by atoms with Gasteiger partial charge in [0.05, 0.1) is 19.9 Å². The number of para-hydroxylation sites is 1. The highest BCUT2D eigenvalue weighted by molar-refractivity contribution is 5.99. The number of anilines is 1. The third-order valence-corrected chi connectivity index (χ3v) is 3.83.